The molecule has 1 aliphatic rings. The van der Waals surface area contributed by atoms with Gasteiger partial charge in [0.15, 0.2) is 5.69 Å². The summed E-state index contributed by atoms with van der Waals surface area (Å²) in [5, 5.41) is 8.22. The zero-order chi connectivity index (χ0) is 18.6. The summed E-state index contributed by atoms with van der Waals surface area (Å²) in [6.07, 6.45) is 6.99. The van der Waals surface area contributed by atoms with Crippen LogP contribution in [0.25, 0.3) is 5.69 Å². The van der Waals surface area contributed by atoms with Crippen molar-refractivity contribution in [2.75, 3.05) is 0 Å². The number of para-hydroxylation sites is 1. The second kappa shape index (κ2) is 7.71. The minimum absolute atomic E-state index is 0.126. The van der Waals surface area contributed by atoms with Gasteiger partial charge in [-0.15, -0.1) is 16.4 Å². The largest absolute Gasteiger partial charge is 0.291 e. The predicted molar refractivity (Wildman–Crippen MR) is 102 cm³/mol. The summed E-state index contributed by atoms with van der Waals surface area (Å²) in [6, 6.07) is 11.2. The summed E-state index contributed by atoms with van der Waals surface area (Å²) in [5.74, 6) is -0.819. The molecular formula is C19H19N5O2S. The van der Waals surface area contributed by atoms with E-state index in [1.165, 1.54) is 52.0 Å². The zero-order valence-electron chi connectivity index (χ0n) is 14.6. The molecule has 0 radical (unpaired) electrons. The van der Waals surface area contributed by atoms with Crippen LogP contribution >= 0.6 is 11.3 Å². The Labute approximate surface area is 160 Å². The number of aryl methyl sites for hydroxylation is 2. The zero-order valence-corrected chi connectivity index (χ0v) is 15.5. The Kier molecular flexibility index (Phi) is 4.97. The second-order valence-corrected chi connectivity index (χ2v) is 7.52. The topological polar surface area (TPSA) is 88.9 Å². The van der Waals surface area contributed by atoms with Gasteiger partial charge in [0.1, 0.15) is 0 Å². The summed E-state index contributed by atoms with van der Waals surface area (Å²) >= 11 is 1.51. The number of hydrazine groups is 1. The first-order valence-corrected chi connectivity index (χ1v) is 9.72. The number of nitrogens with one attached hydrogen (secondary N) is 2. The van der Waals surface area contributed by atoms with Gasteiger partial charge in [-0.05, 0) is 49.4 Å². The van der Waals surface area contributed by atoms with E-state index in [1.807, 2.05) is 36.4 Å². The summed E-state index contributed by atoms with van der Waals surface area (Å²) in [5.41, 5.74) is 7.01. The van der Waals surface area contributed by atoms with Gasteiger partial charge >= 0.3 is 0 Å². The number of nitrogens with zero attached hydrogens (tertiary/aromatic N) is 3. The number of fused-ring (bicyclic) bond motifs is 1. The van der Waals surface area contributed by atoms with Crippen LogP contribution in [0.3, 0.4) is 0 Å². The van der Waals surface area contributed by atoms with Crippen LogP contribution in [0.2, 0.25) is 0 Å². The molecule has 0 unspecified atom stereocenters. The van der Waals surface area contributed by atoms with Crippen LogP contribution in [0.5, 0.6) is 0 Å². The van der Waals surface area contributed by atoms with E-state index in [2.05, 4.69) is 21.0 Å². The van der Waals surface area contributed by atoms with Gasteiger partial charge < -0.3 is 0 Å². The van der Waals surface area contributed by atoms with Gasteiger partial charge in [-0.25, -0.2) is 0 Å². The predicted octanol–water partition coefficient (Wildman–Crippen LogP) is 2.67. The van der Waals surface area contributed by atoms with Crippen molar-refractivity contribution in [2.45, 2.75) is 32.1 Å². The minimum Gasteiger partial charge on any atom is -0.266 e. The fourth-order valence-electron chi connectivity index (χ4n) is 3.07. The lowest BCUT2D eigenvalue weighted by atomic mass is 10.1. The fraction of sp³-hybridized carbons (Fsp3) is 0.263. The molecule has 2 amide bonds. The van der Waals surface area contributed by atoms with Crippen LogP contribution in [0.1, 0.15) is 49.9 Å². The first-order valence-electron chi connectivity index (χ1n) is 8.91. The number of hydrogen-bond donors (Lipinski definition) is 2. The van der Waals surface area contributed by atoms with Crippen molar-refractivity contribution in [3.05, 3.63) is 63.6 Å². The number of amides is 2. The van der Waals surface area contributed by atoms with E-state index in [0.29, 0.717) is 4.88 Å². The highest BCUT2D eigenvalue weighted by Crippen LogP contribution is 2.28. The van der Waals surface area contributed by atoms with Crippen molar-refractivity contribution >= 4 is 23.2 Å². The Bertz CT molecular complexity index is 940. The van der Waals surface area contributed by atoms with E-state index in [4.69, 9.17) is 0 Å². The third-order valence-electron chi connectivity index (χ3n) is 4.47. The van der Waals surface area contributed by atoms with Crippen molar-refractivity contribution in [1.29, 1.82) is 0 Å². The van der Waals surface area contributed by atoms with Gasteiger partial charge in [0.25, 0.3) is 11.8 Å². The molecule has 2 aromatic heterocycles. The molecule has 2 heterocycles. The van der Waals surface area contributed by atoms with Gasteiger partial charge in [-0.3, -0.25) is 20.4 Å². The van der Waals surface area contributed by atoms with E-state index in [1.54, 1.807) is 0 Å². The maximum atomic E-state index is 12.4. The molecule has 138 valence electrons. The quantitative estimate of drug-likeness (QED) is 0.539. The SMILES string of the molecule is O=C(NNC(=O)c1cc2c(s1)CCCCC2)c1cnn(-c2ccccc2)n1. The van der Waals surface area contributed by atoms with Crippen LogP contribution in [-0.4, -0.2) is 26.8 Å². The number of thiophene rings is 1. The smallest absolute Gasteiger partial charge is 0.266 e. The van der Waals surface area contributed by atoms with Gasteiger partial charge in [-0.2, -0.15) is 9.90 Å². The van der Waals surface area contributed by atoms with Gasteiger partial charge in [0.2, 0.25) is 0 Å². The van der Waals surface area contributed by atoms with Crippen LogP contribution < -0.4 is 10.9 Å². The number of aromatic nitrogens is 3. The lowest BCUT2D eigenvalue weighted by molar-refractivity contribution is 0.0846. The van der Waals surface area contributed by atoms with Crippen molar-refractivity contribution in [1.82, 2.24) is 25.8 Å². The molecule has 3 aromatic rings. The first kappa shape index (κ1) is 17.4. The molecule has 4 rings (SSSR count). The van der Waals surface area contributed by atoms with Crippen molar-refractivity contribution in [3.63, 3.8) is 0 Å². The Hall–Kier alpha value is -3.00. The standard InChI is InChI=1S/C19H19N5O2S/c25-18(15-12-20-24(23-15)14-8-4-2-5-9-14)21-22-19(26)17-11-13-7-3-1-6-10-16(13)27-17/h2,4-5,8-9,11-12H,1,3,6-7,10H2,(H,21,25)(H,22,26). The molecule has 27 heavy (non-hydrogen) atoms. The van der Waals surface area contributed by atoms with E-state index in [9.17, 15) is 9.59 Å². The monoisotopic (exact) mass is 381 g/mol. The second-order valence-electron chi connectivity index (χ2n) is 6.38. The molecule has 1 aromatic carbocycles. The third kappa shape index (κ3) is 3.90. The normalized spacial score (nSPS) is 13.5. The number of hydrogen-bond acceptors (Lipinski definition) is 5. The molecule has 0 fully saturated rings. The van der Waals surface area contributed by atoms with E-state index in [-0.39, 0.29) is 11.6 Å². The Morgan fingerprint density at radius 3 is 2.63 bits per heavy atom. The lowest BCUT2D eigenvalue weighted by Gasteiger charge is -2.04. The summed E-state index contributed by atoms with van der Waals surface area (Å²) in [7, 11) is 0. The number of carbonyl (C=O) groups excluding carboxylic acids is 2. The molecule has 0 aliphatic heterocycles. The molecule has 7 nitrogen and oxygen atoms in total. The molecule has 0 saturated heterocycles. The number of rotatable bonds is 3. The van der Waals surface area contributed by atoms with Crippen molar-refractivity contribution < 1.29 is 9.59 Å². The highest BCUT2D eigenvalue weighted by Gasteiger charge is 2.18. The number of carbonyl (C=O) groups is 2. The molecule has 0 atom stereocenters. The van der Waals surface area contributed by atoms with E-state index in [0.717, 1.165) is 18.5 Å². The average Bonchev–Trinajstić information content (AvgIpc) is 3.29. The molecule has 0 bridgehead atoms. The van der Waals surface area contributed by atoms with Crippen molar-refractivity contribution in [2.24, 2.45) is 0 Å². The van der Waals surface area contributed by atoms with Crippen molar-refractivity contribution in [3.8, 4) is 5.69 Å². The highest BCUT2D eigenvalue weighted by molar-refractivity contribution is 7.14. The summed E-state index contributed by atoms with van der Waals surface area (Å²) in [6.45, 7) is 0. The van der Waals surface area contributed by atoms with Crippen LogP contribution in [-0.2, 0) is 12.8 Å². The Balaban J connectivity index is 1.38. The van der Waals surface area contributed by atoms with E-state index < -0.39 is 5.91 Å². The number of benzene rings is 1. The first-order chi connectivity index (χ1) is 13.2. The fourth-order valence-corrected chi connectivity index (χ4v) is 4.22. The van der Waals surface area contributed by atoms with E-state index >= 15 is 0 Å². The Morgan fingerprint density at radius 1 is 1.00 bits per heavy atom. The molecule has 0 spiro atoms. The molecular weight excluding hydrogens is 362 g/mol. The molecule has 2 N–H and O–H groups in total. The van der Waals surface area contributed by atoms with Crippen LogP contribution in [0.15, 0.2) is 42.6 Å². The van der Waals surface area contributed by atoms with Gasteiger partial charge in [-0.1, -0.05) is 24.6 Å². The molecule has 1 aliphatic carbocycles. The maximum absolute atomic E-state index is 12.4. The van der Waals surface area contributed by atoms with Crippen LogP contribution in [0, 0.1) is 0 Å². The summed E-state index contributed by atoms with van der Waals surface area (Å²) in [4.78, 5) is 27.9. The Morgan fingerprint density at radius 2 is 1.78 bits per heavy atom. The van der Waals surface area contributed by atoms with Crippen LogP contribution in [0.4, 0.5) is 0 Å². The maximum Gasteiger partial charge on any atom is 0.291 e. The van der Waals surface area contributed by atoms with Gasteiger partial charge in [0.05, 0.1) is 16.8 Å². The molecule has 0 saturated carbocycles. The summed E-state index contributed by atoms with van der Waals surface area (Å²) < 4.78 is 0. The minimum atomic E-state index is -0.511. The lowest BCUT2D eigenvalue weighted by Crippen LogP contribution is -2.41. The highest BCUT2D eigenvalue weighted by atomic mass is 32.1. The van der Waals surface area contributed by atoms with Gasteiger partial charge in [0, 0.05) is 4.88 Å². The third-order valence-corrected chi connectivity index (χ3v) is 5.71. The average molecular weight is 381 g/mol. The molecule has 8 heteroatoms.